The van der Waals surface area contributed by atoms with E-state index in [0.29, 0.717) is 15.7 Å². The van der Waals surface area contributed by atoms with Crippen LogP contribution in [0.25, 0.3) is 6.08 Å². The third-order valence-electron chi connectivity index (χ3n) is 2.86. The molecule has 126 valence electrons. The van der Waals surface area contributed by atoms with Crippen molar-refractivity contribution < 1.29 is 14.3 Å². The van der Waals surface area contributed by atoms with Gasteiger partial charge in [-0.15, -0.1) is 11.3 Å². The minimum absolute atomic E-state index is 0.223. The number of ether oxygens (including phenoxy) is 1. The zero-order valence-electron chi connectivity index (χ0n) is 12.7. The van der Waals surface area contributed by atoms with Gasteiger partial charge in [0.05, 0.1) is 10.7 Å². The minimum Gasteiger partial charge on any atom is -0.452 e. The average molecular weight is 385 g/mol. The number of nitrogens with zero attached hydrogens (tertiary/aromatic N) is 1. The number of halogens is 2. The Kier molecular flexibility index (Phi) is 6.78. The molecule has 0 fully saturated rings. The van der Waals surface area contributed by atoms with E-state index in [-0.39, 0.29) is 13.2 Å². The van der Waals surface area contributed by atoms with Crippen LogP contribution in [-0.2, 0) is 20.9 Å². The van der Waals surface area contributed by atoms with Crippen molar-refractivity contribution in [1.29, 1.82) is 0 Å². The fourth-order valence-corrected chi connectivity index (χ4v) is 2.76. The van der Waals surface area contributed by atoms with E-state index in [9.17, 15) is 9.59 Å². The van der Waals surface area contributed by atoms with E-state index in [1.165, 1.54) is 23.5 Å². The predicted molar refractivity (Wildman–Crippen MR) is 95.2 cm³/mol. The molecule has 0 aliphatic heterocycles. The van der Waals surface area contributed by atoms with E-state index in [1.807, 2.05) is 12.3 Å². The van der Waals surface area contributed by atoms with Crippen LogP contribution in [0, 0.1) is 6.92 Å². The predicted octanol–water partition coefficient (Wildman–Crippen LogP) is 3.63. The Bertz CT molecular complexity index is 774. The maximum atomic E-state index is 11.7. The van der Waals surface area contributed by atoms with Crippen molar-refractivity contribution in [2.24, 2.45) is 0 Å². The molecule has 2 rings (SSSR count). The van der Waals surface area contributed by atoms with Gasteiger partial charge in [0.2, 0.25) is 0 Å². The summed E-state index contributed by atoms with van der Waals surface area (Å²) in [5.41, 5.74) is 1.40. The third kappa shape index (κ3) is 5.96. The molecule has 1 N–H and O–H groups in total. The Labute approximate surface area is 153 Å². The van der Waals surface area contributed by atoms with Crippen LogP contribution in [0.1, 0.15) is 16.3 Å². The summed E-state index contributed by atoms with van der Waals surface area (Å²) in [4.78, 5) is 27.4. The molecule has 1 aromatic carbocycles. The lowest BCUT2D eigenvalue weighted by Gasteiger charge is -2.07. The van der Waals surface area contributed by atoms with Gasteiger partial charge in [-0.05, 0) is 30.7 Å². The number of nitrogens with one attached hydrogen (secondary N) is 1. The van der Waals surface area contributed by atoms with E-state index in [2.05, 4.69) is 10.3 Å². The first-order valence-electron chi connectivity index (χ1n) is 6.91. The van der Waals surface area contributed by atoms with Crippen molar-refractivity contribution >= 4 is 52.5 Å². The number of benzene rings is 1. The molecule has 0 saturated carbocycles. The average Bonchev–Trinajstić information content (AvgIpc) is 2.95. The van der Waals surface area contributed by atoms with E-state index in [1.54, 1.807) is 18.2 Å². The molecule has 24 heavy (non-hydrogen) atoms. The number of amides is 1. The highest BCUT2D eigenvalue weighted by molar-refractivity contribution is 7.09. The van der Waals surface area contributed by atoms with Crippen LogP contribution >= 0.6 is 34.5 Å². The van der Waals surface area contributed by atoms with Gasteiger partial charge in [0.1, 0.15) is 0 Å². The SMILES string of the molecule is Cc1nc(/C=C/C(=O)OCC(=O)NCc2ccc(Cl)cc2Cl)cs1. The highest BCUT2D eigenvalue weighted by Crippen LogP contribution is 2.20. The normalized spacial score (nSPS) is 10.8. The van der Waals surface area contributed by atoms with E-state index in [4.69, 9.17) is 27.9 Å². The zero-order valence-corrected chi connectivity index (χ0v) is 15.0. The zero-order chi connectivity index (χ0) is 17.5. The lowest BCUT2D eigenvalue weighted by atomic mass is 10.2. The molecule has 0 unspecified atom stereocenters. The van der Waals surface area contributed by atoms with Gasteiger partial charge in [-0.2, -0.15) is 0 Å². The van der Waals surface area contributed by atoms with Crippen LogP contribution in [0.15, 0.2) is 29.7 Å². The molecular weight excluding hydrogens is 371 g/mol. The summed E-state index contributed by atoms with van der Waals surface area (Å²) in [6.45, 7) is 1.72. The topological polar surface area (TPSA) is 68.3 Å². The van der Waals surface area contributed by atoms with Gasteiger partial charge in [-0.25, -0.2) is 9.78 Å². The van der Waals surface area contributed by atoms with E-state index < -0.39 is 11.9 Å². The molecule has 0 radical (unpaired) electrons. The summed E-state index contributed by atoms with van der Waals surface area (Å²) < 4.78 is 4.85. The Morgan fingerprint density at radius 1 is 1.38 bits per heavy atom. The lowest BCUT2D eigenvalue weighted by Crippen LogP contribution is -2.28. The molecule has 0 aliphatic carbocycles. The number of carbonyl (C=O) groups excluding carboxylic acids is 2. The van der Waals surface area contributed by atoms with Gasteiger partial charge in [-0.1, -0.05) is 29.3 Å². The fourth-order valence-electron chi connectivity index (χ4n) is 1.70. The molecule has 5 nitrogen and oxygen atoms in total. The summed E-state index contributed by atoms with van der Waals surface area (Å²) in [5, 5.41) is 6.32. The van der Waals surface area contributed by atoms with Gasteiger partial charge in [-0.3, -0.25) is 4.79 Å². The maximum absolute atomic E-state index is 11.7. The van der Waals surface area contributed by atoms with Crippen LogP contribution in [0.4, 0.5) is 0 Å². The Morgan fingerprint density at radius 3 is 2.83 bits per heavy atom. The smallest absolute Gasteiger partial charge is 0.331 e. The van der Waals surface area contributed by atoms with Crippen molar-refractivity contribution in [3.05, 3.63) is 56.0 Å². The van der Waals surface area contributed by atoms with Gasteiger partial charge >= 0.3 is 5.97 Å². The number of esters is 1. The van der Waals surface area contributed by atoms with E-state index in [0.717, 1.165) is 10.6 Å². The Hall–Kier alpha value is -1.89. The van der Waals surface area contributed by atoms with Crippen LogP contribution in [0.3, 0.4) is 0 Å². The van der Waals surface area contributed by atoms with Crippen molar-refractivity contribution in [2.45, 2.75) is 13.5 Å². The second kappa shape index (κ2) is 8.82. The molecule has 0 atom stereocenters. The number of rotatable bonds is 6. The first kappa shape index (κ1) is 18.4. The number of aryl methyl sites for hydroxylation is 1. The molecule has 1 aromatic heterocycles. The van der Waals surface area contributed by atoms with Crippen molar-refractivity contribution in [1.82, 2.24) is 10.3 Å². The quantitative estimate of drug-likeness (QED) is 0.609. The van der Waals surface area contributed by atoms with Crippen molar-refractivity contribution in [3.63, 3.8) is 0 Å². The molecule has 0 saturated heterocycles. The van der Waals surface area contributed by atoms with Gasteiger partial charge in [0.15, 0.2) is 6.61 Å². The number of aromatic nitrogens is 1. The molecule has 8 heteroatoms. The largest absolute Gasteiger partial charge is 0.452 e. The Morgan fingerprint density at radius 2 is 2.17 bits per heavy atom. The van der Waals surface area contributed by atoms with Gasteiger partial charge < -0.3 is 10.1 Å². The van der Waals surface area contributed by atoms with Gasteiger partial charge in [0, 0.05) is 28.0 Å². The standard InChI is InChI=1S/C16H14Cl2N2O3S/c1-10-20-13(9-24-10)4-5-16(22)23-8-15(21)19-7-11-2-3-12(17)6-14(11)18/h2-6,9H,7-8H2,1H3,(H,19,21)/b5-4+. The first-order chi connectivity index (χ1) is 11.4. The maximum Gasteiger partial charge on any atom is 0.331 e. The van der Waals surface area contributed by atoms with Crippen molar-refractivity contribution in [2.75, 3.05) is 6.61 Å². The van der Waals surface area contributed by atoms with Crippen LogP contribution in [-0.4, -0.2) is 23.5 Å². The summed E-state index contributed by atoms with van der Waals surface area (Å²) in [6.07, 6.45) is 2.77. The number of carbonyl (C=O) groups is 2. The fraction of sp³-hybridized carbons (Fsp3) is 0.188. The number of thiazole rings is 1. The lowest BCUT2D eigenvalue weighted by molar-refractivity contribution is -0.143. The van der Waals surface area contributed by atoms with E-state index >= 15 is 0 Å². The summed E-state index contributed by atoms with van der Waals surface area (Å²) in [5.74, 6) is -1.03. The van der Waals surface area contributed by atoms with Crippen molar-refractivity contribution in [3.8, 4) is 0 Å². The molecule has 0 bridgehead atoms. The molecular formula is C16H14Cl2N2O3S. The summed E-state index contributed by atoms with van der Waals surface area (Å²) >= 11 is 13.3. The van der Waals surface area contributed by atoms with Gasteiger partial charge in [0.25, 0.3) is 5.91 Å². The summed E-state index contributed by atoms with van der Waals surface area (Å²) in [6, 6.07) is 4.99. The second-order valence-corrected chi connectivity index (χ2v) is 6.65. The van der Waals surface area contributed by atoms with Crippen LogP contribution in [0.5, 0.6) is 0 Å². The molecule has 0 aliphatic rings. The molecule has 0 spiro atoms. The molecule has 1 amide bonds. The highest BCUT2D eigenvalue weighted by Gasteiger charge is 2.07. The molecule has 1 heterocycles. The number of hydrogen-bond donors (Lipinski definition) is 1. The van der Waals surface area contributed by atoms with Crippen LogP contribution < -0.4 is 5.32 Å². The first-order valence-corrected chi connectivity index (χ1v) is 8.55. The minimum atomic E-state index is -0.611. The Balaban J connectivity index is 1.74. The van der Waals surface area contributed by atoms with Crippen LogP contribution in [0.2, 0.25) is 10.0 Å². The second-order valence-electron chi connectivity index (χ2n) is 4.74. The number of hydrogen-bond acceptors (Lipinski definition) is 5. The summed E-state index contributed by atoms with van der Waals surface area (Å²) in [7, 11) is 0. The highest BCUT2D eigenvalue weighted by atomic mass is 35.5. The molecule has 2 aromatic rings. The monoisotopic (exact) mass is 384 g/mol. The third-order valence-corrected chi connectivity index (χ3v) is 4.24.